The van der Waals surface area contributed by atoms with Crippen molar-refractivity contribution in [1.82, 2.24) is 0 Å². The van der Waals surface area contributed by atoms with E-state index in [-0.39, 0.29) is 16.2 Å². The van der Waals surface area contributed by atoms with Crippen molar-refractivity contribution in [3.63, 3.8) is 0 Å². The quantitative estimate of drug-likeness (QED) is 0.123. The summed E-state index contributed by atoms with van der Waals surface area (Å²) >= 11 is 0. The molecule has 12 rings (SSSR count). The highest BCUT2D eigenvalue weighted by molar-refractivity contribution is 6.24. The minimum absolute atomic E-state index is 0.0925. The second-order valence-corrected chi connectivity index (χ2v) is 20.0. The number of fused-ring (bicyclic) bond motifs is 12. The predicted octanol–water partition coefficient (Wildman–Crippen LogP) is 18.0. The van der Waals surface area contributed by atoms with Gasteiger partial charge in [0.2, 0.25) is 0 Å². The van der Waals surface area contributed by atoms with Crippen LogP contribution >= 0.6 is 0 Å². The third-order valence-corrected chi connectivity index (χ3v) is 14.7. The molecule has 0 amide bonds. The number of hydrogen-bond acceptors (Lipinski definition) is 0. The van der Waals surface area contributed by atoms with Gasteiger partial charge < -0.3 is 0 Å². The van der Waals surface area contributed by atoms with E-state index in [1.165, 1.54) is 120 Å². The van der Waals surface area contributed by atoms with E-state index in [0.29, 0.717) is 0 Å². The molecule has 302 valence electrons. The van der Waals surface area contributed by atoms with Gasteiger partial charge in [0.1, 0.15) is 0 Å². The van der Waals surface area contributed by atoms with Crippen LogP contribution in [0.2, 0.25) is 0 Å². The highest BCUT2D eigenvalue weighted by atomic mass is 14.6. The summed E-state index contributed by atoms with van der Waals surface area (Å²) in [5, 5.41) is 15.5. The number of rotatable bonds is 3. The molecule has 0 heterocycles. The topological polar surface area (TPSA) is 0 Å². The van der Waals surface area contributed by atoms with Crippen LogP contribution in [0.3, 0.4) is 0 Å². The summed E-state index contributed by atoms with van der Waals surface area (Å²) in [6, 6.07) is 73.3. The molecule has 0 spiro atoms. The van der Waals surface area contributed by atoms with Gasteiger partial charge in [-0.1, -0.05) is 211 Å². The Hall–Kier alpha value is -7.02. The zero-order valence-electron chi connectivity index (χ0n) is 37.0. The molecule has 0 saturated carbocycles. The fourth-order valence-corrected chi connectivity index (χ4v) is 12.6. The first-order valence-corrected chi connectivity index (χ1v) is 22.6. The number of benzene rings is 11. The third-order valence-electron chi connectivity index (χ3n) is 14.7. The first kappa shape index (κ1) is 37.7. The molecule has 0 atom stereocenters. The molecule has 1 aliphatic carbocycles. The van der Waals surface area contributed by atoms with Crippen LogP contribution in [-0.2, 0) is 5.41 Å². The monoisotopic (exact) mass is 806 g/mol. The fourth-order valence-electron chi connectivity index (χ4n) is 12.6. The second-order valence-electron chi connectivity index (χ2n) is 20.0. The van der Waals surface area contributed by atoms with Crippen molar-refractivity contribution in [1.29, 1.82) is 0 Å². The molecular formula is C63H50. The highest BCUT2D eigenvalue weighted by Gasteiger charge is 2.58. The van der Waals surface area contributed by atoms with Crippen LogP contribution in [-0.4, -0.2) is 0 Å². The standard InChI is InChI=1S/C63H50/c1-61(2,3)63(62(4,5)6)56-38-42-21-8-7-20-41(42)37-55(56)59-48-27-12-11-26-46(48)54-36-43(33-34-53(54)60(59)63)40-23-17-24-44(35-40)57-49-28-13-15-30-51(49)58(52-31-16-14-29-50(52)57)47-32-18-22-39-19-9-10-25-45(39)47/h7-38H,1-6H3. The molecule has 0 aromatic heterocycles. The summed E-state index contributed by atoms with van der Waals surface area (Å²) in [5.74, 6) is 0. The van der Waals surface area contributed by atoms with Crippen molar-refractivity contribution in [2.24, 2.45) is 10.8 Å². The summed E-state index contributed by atoms with van der Waals surface area (Å²) in [4.78, 5) is 0. The van der Waals surface area contributed by atoms with E-state index >= 15 is 0 Å². The Labute approximate surface area is 370 Å². The minimum atomic E-state index is -0.265. The molecule has 1 aliphatic rings. The van der Waals surface area contributed by atoms with E-state index in [2.05, 4.69) is 236 Å². The van der Waals surface area contributed by atoms with E-state index in [9.17, 15) is 0 Å². The van der Waals surface area contributed by atoms with Gasteiger partial charge in [-0.2, -0.15) is 0 Å². The zero-order valence-corrected chi connectivity index (χ0v) is 37.0. The molecule has 0 nitrogen and oxygen atoms in total. The molecule has 0 heteroatoms. The smallest absolute Gasteiger partial charge is 0.0318 e. The Kier molecular flexibility index (Phi) is 8.08. The van der Waals surface area contributed by atoms with Gasteiger partial charge in [-0.3, -0.25) is 0 Å². The van der Waals surface area contributed by atoms with Crippen LogP contribution < -0.4 is 0 Å². The summed E-state index contributed by atoms with van der Waals surface area (Å²) in [6.45, 7) is 14.8. The van der Waals surface area contributed by atoms with Crippen molar-refractivity contribution in [3.05, 3.63) is 205 Å². The van der Waals surface area contributed by atoms with Crippen LogP contribution in [0.15, 0.2) is 194 Å². The Bertz CT molecular complexity index is 3620. The second kappa shape index (κ2) is 13.5. The van der Waals surface area contributed by atoms with Gasteiger partial charge in [-0.15, -0.1) is 0 Å². The lowest BCUT2D eigenvalue weighted by atomic mass is 9.49. The fraction of sp³-hybridized carbons (Fsp3) is 0.143. The van der Waals surface area contributed by atoms with Gasteiger partial charge in [0, 0.05) is 5.41 Å². The average molecular weight is 807 g/mol. The van der Waals surface area contributed by atoms with Gasteiger partial charge in [0.15, 0.2) is 0 Å². The molecule has 0 fully saturated rings. The van der Waals surface area contributed by atoms with Crippen molar-refractivity contribution in [2.75, 3.05) is 0 Å². The van der Waals surface area contributed by atoms with E-state index in [0.717, 1.165) is 0 Å². The van der Waals surface area contributed by atoms with Crippen LogP contribution in [0.1, 0.15) is 52.7 Å². The third kappa shape index (κ3) is 5.28. The molecule has 0 saturated heterocycles. The van der Waals surface area contributed by atoms with E-state index in [1.807, 2.05) is 0 Å². The van der Waals surface area contributed by atoms with Crippen LogP contribution in [0.5, 0.6) is 0 Å². The van der Waals surface area contributed by atoms with Gasteiger partial charge in [0.25, 0.3) is 0 Å². The lowest BCUT2D eigenvalue weighted by Crippen LogP contribution is -2.50. The lowest BCUT2D eigenvalue weighted by Gasteiger charge is -2.53. The Morgan fingerprint density at radius 1 is 0.286 bits per heavy atom. The summed E-state index contributed by atoms with van der Waals surface area (Å²) in [6.07, 6.45) is 0. The molecule has 63 heavy (non-hydrogen) atoms. The van der Waals surface area contributed by atoms with Crippen LogP contribution in [0.4, 0.5) is 0 Å². The van der Waals surface area contributed by atoms with Gasteiger partial charge in [-0.05, 0) is 155 Å². The highest BCUT2D eigenvalue weighted by Crippen LogP contribution is 2.67. The SMILES string of the molecule is CC(C)(C)C1(C(C)(C)C)c2cc3ccccc3cc2-c2c1c1ccc(-c3cccc(-c4c5ccccc5c(-c5cccc6ccccc56)c5ccccc45)c3)cc1c1ccccc21. The largest absolute Gasteiger partial charge is 0.0616 e. The maximum absolute atomic E-state index is 2.53. The van der Waals surface area contributed by atoms with Crippen molar-refractivity contribution < 1.29 is 0 Å². The number of hydrogen-bond donors (Lipinski definition) is 0. The molecule has 0 unspecified atom stereocenters. The molecule has 0 radical (unpaired) electrons. The molecular weight excluding hydrogens is 757 g/mol. The van der Waals surface area contributed by atoms with Gasteiger partial charge in [0.05, 0.1) is 0 Å². The Morgan fingerprint density at radius 3 is 1.40 bits per heavy atom. The van der Waals surface area contributed by atoms with Crippen molar-refractivity contribution in [2.45, 2.75) is 47.0 Å². The van der Waals surface area contributed by atoms with Crippen molar-refractivity contribution >= 4 is 64.6 Å². The van der Waals surface area contributed by atoms with Crippen molar-refractivity contribution in [3.8, 4) is 44.5 Å². The van der Waals surface area contributed by atoms with E-state index in [4.69, 9.17) is 0 Å². The maximum Gasteiger partial charge on any atom is 0.0318 e. The van der Waals surface area contributed by atoms with Crippen LogP contribution in [0, 0.1) is 10.8 Å². The predicted molar refractivity (Wildman–Crippen MR) is 273 cm³/mol. The average Bonchev–Trinajstić information content (AvgIpc) is 3.62. The molecule has 0 aliphatic heterocycles. The molecule has 11 aromatic carbocycles. The lowest BCUT2D eigenvalue weighted by molar-refractivity contribution is 0.0965. The minimum Gasteiger partial charge on any atom is -0.0616 e. The Balaban J connectivity index is 1.11. The van der Waals surface area contributed by atoms with Gasteiger partial charge >= 0.3 is 0 Å². The normalized spacial score (nSPS) is 13.7. The van der Waals surface area contributed by atoms with Gasteiger partial charge in [-0.25, -0.2) is 0 Å². The summed E-state index contributed by atoms with van der Waals surface area (Å²) < 4.78 is 0. The first-order valence-electron chi connectivity index (χ1n) is 22.6. The Morgan fingerprint density at radius 2 is 0.762 bits per heavy atom. The maximum atomic E-state index is 2.53. The molecule has 0 N–H and O–H groups in total. The zero-order chi connectivity index (χ0) is 42.8. The molecule has 11 aromatic rings. The van der Waals surface area contributed by atoms with Crippen LogP contribution in [0.25, 0.3) is 109 Å². The summed E-state index contributed by atoms with van der Waals surface area (Å²) in [7, 11) is 0. The summed E-state index contributed by atoms with van der Waals surface area (Å²) in [5.41, 5.74) is 12.8. The van der Waals surface area contributed by atoms with E-state index < -0.39 is 0 Å². The van der Waals surface area contributed by atoms with E-state index in [1.54, 1.807) is 0 Å². The first-order chi connectivity index (χ1) is 30.5. The molecule has 0 bridgehead atoms.